The molecule has 0 radical (unpaired) electrons. The minimum absolute atomic E-state index is 0.361. The second-order valence-corrected chi connectivity index (χ2v) is 4.09. The zero-order chi connectivity index (χ0) is 11.5. The standard InChI is InChI=1S/C13H16N2O/c1-9(2)12-11(8-14)16-15-13(12)10-6-4-3-5-7-10/h3-7,9H,8,14H2,1-2H3. The van der Waals surface area contributed by atoms with Crippen LogP contribution in [-0.2, 0) is 6.54 Å². The second-order valence-electron chi connectivity index (χ2n) is 4.09. The zero-order valence-corrected chi connectivity index (χ0v) is 9.60. The molecule has 0 aliphatic rings. The zero-order valence-electron chi connectivity index (χ0n) is 9.60. The Morgan fingerprint density at radius 2 is 1.94 bits per heavy atom. The number of benzene rings is 1. The van der Waals surface area contributed by atoms with Gasteiger partial charge in [0, 0.05) is 11.1 Å². The van der Waals surface area contributed by atoms with Gasteiger partial charge in [-0.25, -0.2) is 0 Å². The van der Waals surface area contributed by atoms with E-state index in [-0.39, 0.29) is 0 Å². The summed E-state index contributed by atoms with van der Waals surface area (Å²) in [4.78, 5) is 0. The Bertz CT molecular complexity index is 460. The number of nitrogens with zero attached hydrogens (tertiary/aromatic N) is 1. The van der Waals surface area contributed by atoms with E-state index in [0.29, 0.717) is 12.5 Å². The van der Waals surface area contributed by atoms with E-state index in [1.807, 2.05) is 30.3 Å². The molecular formula is C13H16N2O. The third-order valence-electron chi connectivity index (χ3n) is 2.61. The van der Waals surface area contributed by atoms with Gasteiger partial charge in [-0.15, -0.1) is 0 Å². The molecule has 1 aromatic carbocycles. The van der Waals surface area contributed by atoms with Crippen LogP contribution >= 0.6 is 0 Å². The van der Waals surface area contributed by atoms with Gasteiger partial charge in [-0.05, 0) is 5.92 Å². The van der Waals surface area contributed by atoms with Crippen LogP contribution in [0.1, 0.15) is 31.1 Å². The number of nitrogens with two attached hydrogens (primary N) is 1. The first-order chi connectivity index (χ1) is 7.74. The molecule has 0 saturated carbocycles. The van der Waals surface area contributed by atoms with Crippen molar-refractivity contribution in [1.29, 1.82) is 0 Å². The first-order valence-electron chi connectivity index (χ1n) is 5.48. The van der Waals surface area contributed by atoms with Crippen molar-refractivity contribution in [3.05, 3.63) is 41.7 Å². The summed E-state index contributed by atoms with van der Waals surface area (Å²) in [5.74, 6) is 1.15. The highest BCUT2D eigenvalue weighted by atomic mass is 16.5. The first-order valence-corrected chi connectivity index (χ1v) is 5.48. The molecule has 0 unspecified atom stereocenters. The highest BCUT2D eigenvalue weighted by Gasteiger charge is 2.18. The Morgan fingerprint density at radius 1 is 1.25 bits per heavy atom. The molecule has 3 heteroatoms. The topological polar surface area (TPSA) is 52.0 Å². The SMILES string of the molecule is CC(C)c1c(-c2ccccc2)noc1CN. The summed E-state index contributed by atoms with van der Waals surface area (Å²) < 4.78 is 5.29. The first kappa shape index (κ1) is 10.9. The normalized spacial score (nSPS) is 11.0. The smallest absolute Gasteiger partial charge is 0.154 e. The van der Waals surface area contributed by atoms with Crippen LogP contribution in [0.3, 0.4) is 0 Å². The van der Waals surface area contributed by atoms with Gasteiger partial charge in [0.15, 0.2) is 5.76 Å². The van der Waals surface area contributed by atoms with Gasteiger partial charge in [-0.2, -0.15) is 0 Å². The molecule has 2 N–H and O–H groups in total. The number of hydrogen-bond donors (Lipinski definition) is 1. The molecule has 2 rings (SSSR count). The summed E-state index contributed by atoms with van der Waals surface area (Å²) in [5, 5.41) is 4.12. The number of rotatable bonds is 3. The summed E-state index contributed by atoms with van der Waals surface area (Å²) >= 11 is 0. The maximum absolute atomic E-state index is 5.65. The lowest BCUT2D eigenvalue weighted by Gasteiger charge is -2.06. The van der Waals surface area contributed by atoms with Gasteiger partial charge in [-0.3, -0.25) is 0 Å². The van der Waals surface area contributed by atoms with E-state index in [1.165, 1.54) is 0 Å². The Morgan fingerprint density at radius 3 is 2.50 bits per heavy atom. The largest absolute Gasteiger partial charge is 0.359 e. The fraction of sp³-hybridized carbons (Fsp3) is 0.308. The summed E-state index contributed by atoms with van der Waals surface area (Å²) in [5.41, 5.74) is 8.76. The van der Waals surface area contributed by atoms with Gasteiger partial charge in [0.25, 0.3) is 0 Å². The summed E-state index contributed by atoms with van der Waals surface area (Å²) in [6.07, 6.45) is 0. The quantitative estimate of drug-likeness (QED) is 0.858. The van der Waals surface area contributed by atoms with Crippen LogP contribution in [0.4, 0.5) is 0 Å². The predicted molar refractivity (Wildman–Crippen MR) is 63.9 cm³/mol. The van der Waals surface area contributed by atoms with Gasteiger partial charge in [0.05, 0.1) is 6.54 Å². The molecule has 2 aromatic rings. The lowest BCUT2D eigenvalue weighted by molar-refractivity contribution is 0.384. The van der Waals surface area contributed by atoms with E-state index in [9.17, 15) is 0 Å². The minimum Gasteiger partial charge on any atom is -0.359 e. The Kier molecular flexibility index (Phi) is 3.06. The molecule has 0 spiro atoms. The Balaban J connectivity index is 2.53. The molecule has 0 atom stereocenters. The van der Waals surface area contributed by atoms with Gasteiger partial charge in [0.1, 0.15) is 5.69 Å². The van der Waals surface area contributed by atoms with Crippen molar-refractivity contribution < 1.29 is 4.52 Å². The average molecular weight is 216 g/mol. The average Bonchev–Trinajstić information content (AvgIpc) is 2.73. The molecule has 0 saturated heterocycles. The van der Waals surface area contributed by atoms with Crippen LogP contribution in [0.5, 0.6) is 0 Å². The van der Waals surface area contributed by atoms with E-state index >= 15 is 0 Å². The van der Waals surface area contributed by atoms with Crippen molar-refractivity contribution in [1.82, 2.24) is 5.16 Å². The third-order valence-corrected chi connectivity index (χ3v) is 2.61. The van der Waals surface area contributed by atoms with E-state index in [0.717, 1.165) is 22.6 Å². The molecule has 0 amide bonds. The second kappa shape index (κ2) is 4.49. The van der Waals surface area contributed by atoms with Crippen molar-refractivity contribution in [3.8, 4) is 11.3 Å². The maximum atomic E-state index is 5.65. The number of hydrogen-bond acceptors (Lipinski definition) is 3. The molecule has 84 valence electrons. The highest BCUT2D eigenvalue weighted by molar-refractivity contribution is 5.64. The van der Waals surface area contributed by atoms with Gasteiger partial charge >= 0.3 is 0 Å². The molecular weight excluding hydrogens is 200 g/mol. The van der Waals surface area contributed by atoms with Crippen LogP contribution in [0.2, 0.25) is 0 Å². The molecule has 1 heterocycles. The summed E-state index contributed by atoms with van der Waals surface area (Å²) in [6.45, 7) is 4.64. The summed E-state index contributed by atoms with van der Waals surface area (Å²) in [6, 6.07) is 10.0. The van der Waals surface area contributed by atoms with Crippen molar-refractivity contribution in [2.45, 2.75) is 26.3 Å². The van der Waals surface area contributed by atoms with Crippen LogP contribution in [0, 0.1) is 0 Å². The van der Waals surface area contributed by atoms with Crippen LogP contribution in [-0.4, -0.2) is 5.16 Å². The fourth-order valence-corrected chi connectivity index (χ4v) is 1.88. The van der Waals surface area contributed by atoms with E-state index in [1.54, 1.807) is 0 Å². The van der Waals surface area contributed by atoms with E-state index < -0.39 is 0 Å². The number of aromatic nitrogens is 1. The van der Waals surface area contributed by atoms with Crippen LogP contribution in [0.15, 0.2) is 34.9 Å². The minimum atomic E-state index is 0.361. The van der Waals surface area contributed by atoms with Crippen LogP contribution < -0.4 is 5.73 Å². The van der Waals surface area contributed by atoms with Gasteiger partial charge in [0.2, 0.25) is 0 Å². The molecule has 0 aliphatic carbocycles. The third kappa shape index (κ3) is 1.86. The monoisotopic (exact) mass is 216 g/mol. The lowest BCUT2D eigenvalue weighted by Crippen LogP contribution is -2.00. The predicted octanol–water partition coefficient (Wildman–Crippen LogP) is 2.92. The molecule has 0 aliphatic heterocycles. The molecule has 3 nitrogen and oxygen atoms in total. The highest BCUT2D eigenvalue weighted by Crippen LogP contribution is 2.30. The van der Waals surface area contributed by atoms with E-state index in [4.69, 9.17) is 10.3 Å². The Labute approximate surface area is 95.3 Å². The van der Waals surface area contributed by atoms with Crippen molar-refractivity contribution >= 4 is 0 Å². The van der Waals surface area contributed by atoms with E-state index in [2.05, 4.69) is 19.0 Å². The molecule has 0 fully saturated rings. The van der Waals surface area contributed by atoms with Crippen molar-refractivity contribution in [2.24, 2.45) is 5.73 Å². The molecule has 16 heavy (non-hydrogen) atoms. The fourth-order valence-electron chi connectivity index (χ4n) is 1.88. The lowest BCUT2D eigenvalue weighted by atomic mass is 9.97. The van der Waals surface area contributed by atoms with Crippen LogP contribution in [0.25, 0.3) is 11.3 Å². The Hall–Kier alpha value is -1.61. The maximum Gasteiger partial charge on any atom is 0.154 e. The molecule has 1 aromatic heterocycles. The van der Waals surface area contributed by atoms with Gasteiger partial charge in [-0.1, -0.05) is 49.3 Å². The van der Waals surface area contributed by atoms with Crippen molar-refractivity contribution in [3.63, 3.8) is 0 Å². The van der Waals surface area contributed by atoms with Gasteiger partial charge < -0.3 is 10.3 Å². The molecule has 0 bridgehead atoms. The van der Waals surface area contributed by atoms with Crippen molar-refractivity contribution in [2.75, 3.05) is 0 Å². The summed E-state index contributed by atoms with van der Waals surface area (Å²) in [7, 11) is 0.